The number of benzene rings is 2. The van der Waals surface area contributed by atoms with Crippen molar-refractivity contribution < 1.29 is 9.53 Å². The molecule has 2 aromatic carbocycles. The summed E-state index contributed by atoms with van der Waals surface area (Å²) in [4.78, 5) is 17.5. The number of rotatable bonds is 4. The highest BCUT2D eigenvalue weighted by Crippen LogP contribution is 2.36. The van der Waals surface area contributed by atoms with Gasteiger partial charge in [0, 0.05) is 22.3 Å². The largest absolute Gasteiger partial charge is 0.462 e. The molecule has 4 rings (SSSR count). The van der Waals surface area contributed by atoms with Gasteiger partial charge in [0.05, 0.1) is 23.0 Å². The number of hydrogen-bond donors (Lipinski definition) is 0. The molecule has 32 heavy (non-hydrogen) atoms. The first-order valence-corrected chi connectivity index (χ1v) is 11.2. The molecule has 0 amide bonds. The van der Waals surface area contributed by atoms with Crippen LogP contribution >= 0.6 is 23.2 Å². The Morgan fingerprint density at radius 3 is 2.19 bits per heavy atom. The van der Waals surface area contributed by atoms with Gasteiger partial charge in [-0.1, -0.05) is 80.4 Å². The normalized spacial score (nSPS) is 11.7. The van der Waals surface area contributed by atoms with Crippen molar-refractivity contribution in [2.24, 2.45) is 0 Å². The molecule has 0 aliphatic carbocycles. The molecule has 4 nitrogen and oxygen atoms in total. The van der Waals surface area contributed by atoms with Crippen LogP contribution in [0.3, 0.4) is 0 Å². The van der Waals surface area contributed by atoms with E-state index in [1.165, 1.54) is 5.56 Å². The number of ether oxygens (including phenoxy) is 1. The minimum absolute atomic E-state index is 0.0427. The third-order valence-corrected chi connectivity index (χ3v) is 5.78. The van der Waals surface area contributed by atoms with Crippen LogP contribution in [0.4, 0.5) is 0 Å². The number of carbonyl (C=O) groups is 1. The van der Waals surface area contributed by atoms with Gasteiger partial charge in [0.2, 0.25) is 0 Å². The van der Waals surface area contributed by atoms with Crippen molar-refractivity contribution in [1.82, 2.24) is 9.38 Å². The Hall–Kier alpha value is -2.82. The number of nitrogens with zero attached hydrogens (tertiary/aromatic N) is 2. The van der Waals surface area contributed by atoms with Crippen LogP contribution in [-0.4, -0.2) is 22.0 Å². The topological polar surface area (TPSA) is 43.6 Å². The summed E-state index contributed by atoms with van der Waals surface area (Å²) in [6, 6.07) is 17.5. The number of carbonyl (C=O) groups excluding carboxylic acids is 1. The molecule has 6 heteroatoms. The lowest BCUT2D eigenvalue weighted by atomic mass is 9.86. The minimum atomic E-state index is -0.456. The van der Waals surface area contributed by atoms with E-state index in [0.717, 1.165) is 22.5 Å². The molecule has 0 aliphatic heterocycles. The SMILES string of the molecule is CCOC(=O)c1cc(Cl)cn2c(-c3ccc(Cl)cc3)c(-c3ccc(C(C)(C)C)cc3)nc12. The fourth-order valence-electron chi connectivity index (χ4n) is 3.68. The van der Waals surface area contributed by atoms with Gasteiger partial charge >= 0.3 is 5.97 Å². The van der Waals surface area contributed by atoms with Crippen molar-refractivity contribution >= 4 is 34.8 Å². The maximum absolute atomic E-state index is 12.7. The fourth-order valence-corrected chi connectivity index (χ4v) is 4.02. The van der Waals surface area contributed by atoms with Crippen LogP contribution in [0, 0.1) is 0 Å². The molecule has 4 aromatic rings. The minimum Gasteiger partial charge on any atom is -0.462 e. The molecule has 164 valence electrons. The van der Waals surface area contributed by atoms with Gasteiger partial charge in [-0.25, -0.2) is 9.78 Å². The average molecular weight is 467 g/mol. The van der Waals surface area contributed by atoms with Gasteiger partial charge in [-0.15, -0.1) is 0 Å². The second kappa shape index (κ2) is 8.61. The Morgan fingerprint density at radius 1 is 0.969 bits per heavy atom. The second-order valence-corrected chi connectivity index (χ2v) is 9.50. The number of fused-ring (bicyclic) bond motifs is 1. The number of esters is 1. The second-order valence-electron chi connectivity index (χ2n) is 8.63. The quantitative estimate of drug-likeness (QED) is 0.293. The van der Waals surface area contributed by atoms with E-state index in [9.17, 15) is 4.79 Å². The number of imidazole rings is 1. The summed E-state index contributed by atoms with van der Waals surface area (Å²) in [6.45, 7) is 8.58. The van der Waals surface area contributed by atoms with Crippen LogP contribution < -0.4 is 0 Å². The van der Waals surface area contributed by atoms with E-state index >= 15 is 0 Å². The summed E-state index contributed by atoms with van der Waals surface area (Å²) in [5.41, 5.74) is 5.52. The maximum Gasteiger partial charge on any atom is 0.341 e. The number of aromatic nitrogens is 2. The monoisotopic (exact) mass is 466 g/mol. The highest BCUT2D eigenvalue weighted by molar-refractivity contribution is 6.31. The molecule has 0 N–H and O–H groups in total. The van der Waals surface area contributed by atoms with Crippen molar-refractivity contribution in [3.05, 3.63) is 82.0 Å². The molecule has 0 atom stereocenters. The maximum atomic E-state index is 12.7. The zero-order chi connectivity index (χ0) is 23.0. The first-order chi connectivity index (χ1) is 15.2. The van der Waals surface area contributed by atoms with Gasteiger partial charge in [0.25, 0.3) is 0 Å². The summed E-state index contributed by atoms with van der Waals surface area (Å²) >= 11 is 12.5. The standard InChI is InChI=1S/C26H24Cl2N2O2/c1-5-32-25(31)21-14-20(28)15-30-23(17-8-12-19(27)13-9-17)22(29-24(21)30)16-6-10-18(11-7-16)26(2,3)4/h6-15H,5H2,1-4H3. The van der Waals surface area contributed by atoms with Gasteiger partial charge in [-0.3, -0.25) is 4.40 Å². The molecule has 0 bridgehead atoms. The van der Waals surface area contributed by atoms with Crippen LogP contribution in [0.25, 0.3) is 28.2 Å². The molecule has 2 heterocycles. The molecule has 0 radical (unpaired) electrons. The van der Waals surface area contributed by atoms with E-state index in [-0.39, 0.29) is 12.0 Å². The smallest absolute Gasteiger partial charge is 0.341 e. The van der Waals surface area contributed by atoms with E-state index in [2.05, 4.69) is 45.0 Å². The van der Waals surface area contributed by atoms with E-state index < -0.39 is 5.97 Å². The molecule has 0 unspecified atom stereocenters. The Labute approximate surface area is 197 Å². The lowest BCUT2D eigenvalue weighted by molar-refractivity contribution is 0.0528. The predicted molar refractivity (Wildman–Crippen MR) is 131 cm³/mol. The zero-order valence-corrected chi connectivity index (χ0v) is 20.0. The first kappa shape index (κ1) is 22.4. The summed E-state index contributed by atoms with van der Waals surface area (Å²) in [5, 5.41) is 1.06. The van der Waals surface area contributed by atoms with E-state index in [1.807, 2.05) is 28.7 Å². The molecule has 0 aliphatic rings. The Morgan fingerprint density at radius 2 is 1.59 bits per heavy atom. The van der Waals surface area contributed by atoms with Gasteiger partial charge < -0.3 is 4.74 Å². The van der Waals surface area contributed by atoms with Crippen LogP contribution in [0.2, 0.25) is 10.0 Å². The third kappa shape index (κ3) is 4.25. The Balaban J connectivity index is 2.01. The predicted octanol–water partition coefficient (Wildman–Crippen LogP) is 7.45. The number of hydrogen-bond acceptors (Lipinski definition) is 3. The van der Waals surface area contributed by atoms with E-state index in [0.29, 0.717) is 21.3 Å². The summed E-state index contributed by atoms with van der Waals surface area (Å²) in [5.74, 6) is -0.456. The third-order valence-electron chi connectivity index (χ3n) is 5.32. The fraction of sp³-hybridized carbons (Fsp3) is 0.231. The Kier molecular flexibility index (Phi) is 6.02. The van der Waals surface area contributed by atoms with Gasteiger partial charge in [0.15, 0.2) is 5.65 Å². The summed E-state index contributed by atoms with van der Waals surface area (Å²) in [7, 11) is 0. The average Bonchev–Trinajstić information content (AvgIpc) is 3.12. The van der Waals surface area contributed by atoms with Crippen molar-refractivity contribution in [2.75, 3.05) is 6.61 Å². The summed E-state index contributed by atoms with van der Waals surface area (Å²) < 4.78 is 7.10. The van der Waals surface area contributed by atoms with Crippen molar-refractivity contribution in [3.8, 4) is 22.5 Å². The Bertz CT molecular complexity index is 1280. The van der Waals surface area contributed by atoms with Gasteiger partial charge in [-0.2, -0.15) is 0 Å². The molecular weight excluding hydrogens is 443 g/mol. The first-order valence-electron chi connectivity index (χ1n) is 10.4. The molecule has 0 saturated heterocycles. The van der Waals surface area contributed by atoms with Crippen LogP contribution in [0.15, 0.2) is 60.8 Å². The highest BCUT2D eigenvalue weighted by Gasteiger charge is 2.23. The van der Waals surface area contributed by atoms with Crippen molar-refractivity contribution in [3.63, 3.8) is 0 Å². The van der Waals surface area contributed by atoms with Crippen LogP contribution in [-0.2, 0) is 10.2 Å². The number of halogens is 2. The molecular formula is C26H24Cl2N2O2. The summed E-state index contributed by atoms with van der Waals surface area (Å²) in [6.07, 6.45) is 1.77. The van der Waals surface area contributed by atoms with E-state index in [4.69, 9.17) is 32.9 Å². The highest BCUT2D eigenvalue weighted by atomic mass is 35.5. The lowest BCUT2D eigenvalue weighted by Gasteiger charge is -2.19. The van der Waals surface area contributed by atoms with Gasteiger partial charge in [-0.05, 0) is 36.1 Å². The van der Waals surface area contributed by atoms with E-state index in [1.54, 1.807) is 19.2 Å². The molecule has 0 fully saturated rings. The van der Waals surface area contributed by atoms with Crippen LogP contribution in [0.5, 0.6) is 0 Å². The van der Waals surface area contributed by atoms with Gasteiger partial charge in [0.1, 0.15) is 5.56 Å². The lowest BCUT2D eigenvalue weighted by Crippen LogP contribution is -2.10. The van der Waals surface area contributed by atoms with Crippen LogP contribution in [0.1, 0.15) is 43.6 Å². The zero-order valence-electron chi connectivity index (χ0n) is 18.4. The van der Waals surface area contributed by atoms with Crippen molar-refractivity contribution in [1.29, 1.82) is 0 Å². The number of pyridine rings is 1. The molecule has 0 saturated carbocycles. The molecule has 0 spiro atoms. The molecule has 2 aromatic heterocycles. The van der Waals surface area contributed by atoms with Crippen molar-refractivity contribution in [2.45, 2.75) is 33.1 Å².